The Morgan fingerprint density at radius 1 is 0.889 bits per heavy atom. The summed E-state index contributed by atoms with van der Waals surface area (Å²) in [6.07, 6.45) is 0. The Bertz CT molecular complexity index is 1240. The zero-order valence-corrected chi connectivity index (χ0v) is 16.0. The van der Waals surface area contributed by atoms with E-state index in [0.29, 0.717) is 5.69 Å². The van der Waals surface area contributed by atoms with Gasteiger partial charge in [0.2, 0.25) is 0 Å². The van der Waals surface area contributed by atoms with E-state index in [-0.39, 0.29) is 20.7 Å². The molecule has 0 unspecified atom stereocenters. The molecule has 136 valence electrons. The quantitative estimate of drug-likeness (QED) is 0.456. The number of hydrogen-bond acceptors (Lipinski definition) is 4. The first-order chi connectivity index (χ1) is 12.9. The van der Waals surface area contributed by atoms with Crippen LogP contribution in [0.2, 0.25) is 10.0 Å². The molecule has 0 aliphatic heterocycles. The van der Waals surface area contributed by atoms with Crippen LogP contribution in [0.1, 0.15) is 0 Å². The number of hydrogen-bond donors (Lipinski definition) is 1. The van der Waals surface area contributed by atoms with Crippen molar-refractivity contribution in [3.05, 3.63) is 76.8 Å². The molecular weight excluding hydrogens is 407 g/mol. The minimum absolute atomic E-state index is 0.0764. The molecule has 0 aliphatic carbocycles. The molecule has 0 saturated heterocycles. The number of fused-ring (bicyclic) bond motifs is 1. The smallest absolute Gasteiger partial charge is 0.339 e. The molecule has 4 aromatic rings. The minimum atomic E-state index is -4.06. The lowest BCUT2D eigenvalue weighted by Crippen LogP contribution is -2.09. The first-order valence-electron chi connectivity index (χ1n) is 7.87. The molecule has 0 atom stereocenters. The predicted octanol–water partition coefficient (Wildman–Crippen LogP) is 5.30. The van der Waals surface area contributed by atoms with Crippen LogP contribution in [0.15, 0.2) is 71.6 Å². The van der Waals surface area contributed by atoms with Crippen LogP contribution in [0.5, 0.6) is 5.75 Å². The van der Waals surface area contributed by atoms with Crippen molar-refractivity contribution >= 4 is 44.2 Å². The van der Waals surface area contributed by atoms with E-state index in [0.717, 1.165) is 16.5 Å². The van der Waals surface area contributed by atoms with Crippen LogP contribution in [-0.2, 0) is 10.1 Å². The molecule has 1 heterocycles. The predicted molar refractivity (Wildman–Crippen MR) is 106 cm³/mol. The average Bonchev–Trinajstić information content (AvgIpc) is 3.07. The maximum Gasteiger partial charge on any atom is 0.339 e. The lowest BCUT2D eigenvalue weighted by molar-refractivity contribution is 0.486. The van der Waals surface area contributed by atoms with E-state index in [2.05, 4.69) is 10.2 Å². The molecule has 8 heteroatoms. The highest BCUT2D eigenvalue weighted by Crippen LogP contribution is 2.31. The van der Waals surface area contributed by atoms with Gasteiger partial charge in [-0.2, -0.15) is 13.5 Å². The second kappa shape index (κ2) is 6.88. The van der Waals surface area contributed by atoms with E-state index in [1.165, 1.54) is 18.2 Å². The van der Waals surface area contributed by atoms with E-state index >= 15 is 0 Å². The van der Waals surface area contributed by atoms with Crippen molar-refractivity contribution in [1.29, 1.82) is 0 Å². The van der Waals surface area contributed by atoms with Gasteiger partial charge in [0.15, 0.2) is 0 Å². The average molecular weight is 419 g/mol. The Morgan fingerprint density at radius 2 is 1.67 bits per heavy atom. The molecular formula is C19H12Cl2N2O3S. The molecule has 27 heavy (non-hydrogen) atoms. The Kier molecular flexibility index (Phi) is 4.55. The maximum absolute atomic E-state index is 12.5. The molecule has 1 N–H and O–H groups in total. The normalized spacial score (nSPS) is 11.6. The second-order valence-electron chi connectivity index (χ2n) is 5.76. The highest BCUT2D eigenvalue weighted by molar-refractivity contribution is 7.87. The van der Waals surface area contributed by atoms with Crippen LogP contribution in [0.3, 0.4) is 0 Å². The van der Waals surface area contributed by atoms with E-state index in [1.807, 2.05) is 30.3 Å². The van der Waals surface area contributed by atoms with Crippen molar-refractivity contribution in [2.24, 2.45) is 0 Å². The monoisotopic (exact) mass is 418 g/mol. The van der Waals surface area contributed by atoms with Gasteiger partial charge in [-0.05, 0) is 36.4 Å². The number of halogens is 2. The molecule has 0 aliphatic rings. The van der Waals surface area contributed by atoms with Gasteiger partial charge in [0.05, 0.1) is 15.6 Å². The number of benzene rings is 3. The fourth-order valence-corrected chi connectivity index (χ4v) is 3.98. The largest absolute Gasteiger partial charge is 0.379 e. The van der Waals surface area contributed by atoms with E-state index in [4.69, 9.17) is 27.4 Å². The molecule has 1 aromatic heterocycles. The van der Waals surface area contributed by atoms with Crippen molar-refractivity contribution in [3.8, 4) is 17.0 Å². The van der Waals surface area contributed by atoms with Crippen LogP contribution in [0, 0.1) is 0 Å². The lowest BCUT2D eigenvalue weighted by Gasteiger charge is -2.08. The molecule has 3 aromatic carbocycles. The van der Waals surface area contributed by atoms with Crippen molar-refractivity contribution in [1.82, 2.24) is 10.2 Å². The Labute approximate surface area is 165 Å². The van der Waals surface area contributed by atoms with Crippen molar-refractivity contribution < 1.29 is 12.6 Å². The third-order valence-electron chi connectivity index (χ3n) is 3.97. The van der Waals surface area contributed by atoms with Gasteiger partial charge >= 0.3 is 10.1 Å². The summed E-state index contributed by atoms with van der Waals surface area (Å²) in [6, 6.07) is 18.5. The van der Waals surface area contributed by atoms with E-state index in [1.54, 1.807) is 18.2 Å². The van der Waals surface area contributed by atoms with Gasteiger partial charge < -0.3 is 4.18 Å². The van der Waals surface area contributed by atoms with Gasteiger partial charge in [0, 0.05) is 10.9 Å². The van der Waals surface area contributed by atoms with Crippen LogP contribution in [0.4, 0.5) is 0 Å². The van der Waals surface area contributed by atoms with Gasteiger partial charge in [-0.1, -0.05) is 53.5 Å². The van der Waals surface area contributed by atoms with Gasteiger partial charge in [-0.3, -0.25) is 5.10 Å². The standard InChI is InChI=1S/C19H12Cl2N2O3S/c20-16-8-7-14(11-17(16)21)27(24,25)26-13-6-9-18-15(10-13)19(23-22-18)12-4-2-1-3-5-12/h1-11H,(H,22,23). The van der Waals surface area contributed by atoms with Gasteiger partial charge in [0.25, 0.3) is 0 Å². The van der Waals surface area contributed by atoms with Crippen LogP contribution < -0.4 is 4.18 Å². The number of aromatic amines is 1. The molecule has 0 fully saturated rings. The first kappa shape index (κ1) is 17.9. The SMILES string of the molecule is O=S(=O)(Oc1ccc2[nH]nc(-c3ccccc3)c2c1)c1ccc(Cl)c(Cl)c1. The van der Waals surface area contributed by atoms with E-state index < -0.39 is 10.1 Å². The third-order valence-corrected chi connectivity index (χ3v) is 5.95. The summed E-state index contributed by atoms with van der Waals surface area (Å²) in [6.45, 7) is 0. The zero-order chi connectivity index (χ0) is 19.0. The minimum Gasteiger partial charge on any atom is -0.379 e. The summed E-state index contributed by atoms with van der Waals surface area (Å²) in [5.41, 5.74) is 2.39. The summed E-state index contributed by atoms with van der Waals surface area (Å²) >= 11 is 11.8. The molecule has 4 rings (SSSR count). The topological polar surface area (TPSA) is 72.1 Å². The number of nitrogens with one attached hydrogen (secondary N) is 1. The van der Waals surface area contributed by atoms with Crippen LogP contribution >= 0.6 is 23.2 Å². The summed E-state index contributed by atoms with van der Waals surface area (Å²) in [7, 11) is -4.06. The Hall–Kier alpha value is -2.54. The molecule has 5 nitrogen and oxygen atoms in total. The Morgan fingerprint density at radius 3 is 2.41 bits per heavy atom. The van der Waals surface area contributed by atoms with Gasteiger partial charge in [0.1, 0.15) is 16.3 Å². The summed E-state index contributed by atoms with van der Waals surface area (Å²) < 4.78 is 30.4. The third kappa shape index (κ3) is 3.51. The molecule has 0 spiro atoms. The highest BCUT2D eigenvalue weighted by atomic mass is 35.5. The maximum atomic E-state index is 12.5. The molecule has 0 saturated carbocycles. The van der Waals surface area contributed by atoms with Crippen molar-refractivity contribution in [2.75, 3.05) is 0 Å². The van der Waals surface area contributed by atoms with Gasteiger partial charge in [-0.15, -0.1) is 0 Å². The number of rotatable bonds is 4. The fourth-order valence-electron chi connectivity index (χ4n) is 2.67. The molecule has 0 radical (unpaired) electrons. The van der Waals surface area contributed by atoms with E-state index in [9.17, 15) is 8.42 Å². The Balaban J connectivity index is 1.73. The molecule has 0 amide bonds. The number of nitrogens with zero attached hydrogens (tertiary/aromatic N) is 1. The van der Waals surface area contributed by atoms with Crippen molar-refractivity contribution in [3.63, 3.8) is 0 Å². The highest BCUT2D eigenvalue weighted by Gasteiger charge is 2.19. The zero-order valence-electron chi connectivity index (χ0n) is 13.7. The lowest BCUT2D eigenvalue weighted by atomic mass is 10.1. The van der Waals surface area contributed by atoms with Crippen molar-refractivity contribution in [2.45, 2.75) is 4.90 Å². The second-order valence-corrected chi connectivity index (χ2v) is 8.12. The number of H-pyrrole nitrogens is 1. The molecule has 0 bridgehead atoms. The summed E-state index contributed by atoms with van der Waals surface area (Å²) in [5.74, 6) is 0.173. The first-order valence-corrected chi connectivity index (χ1v) is 10.0. The van der Waals surface area contributed by atoms with Gasteiger partial charge in [-0.25, -0.2) is 0 Å². The number of aromatic nitrogens is 2. The summed E-state index contributed by atoms with van der Waals surface area (Å²) in [5, 5.41) is 8.41. The fraction of sp³-hybridized carbons (Fsp3) is 0. The van der Waals surface area contributed by atoms with Crippen LogP contribution in [0.25, 0.3) is 22.2 Å². The summed E-state index contributed by atoms with van der Waals surface area (Å²) in [4.78, 5) is -0.0764. The van der Waals surface area contributed by atoms with Crippen LogP contribution in [-0.4, -0.2) is 18.6 Å².